The van der Waals surface area contributed by atoms with Crippen LogP contribution in [0, 0.1) is 0 Å². The van der Waals surface area contributed by atoms with E-state index < -0.39 is 12.7 Å². The average molecular weight is 356 g/mol. The Balaban J connectivity index is 1.75. The zero-order valence-electron chi connectivity index (χ0n) is 15.1. The fourth-order valence-electron chi connectivity index (χ4n) is 3.22. The average Bonchev–Trinajstić information content (AvgIpc) is 3.06. The lowest BCUT2D eigenvalue weighted by molar-refractivity contribution is 0.0190. The molecule has 0 spiro atoms. The van der Waals surface area contributed by atoms with Gasteiger partial charge in [-0.1, -0.05) is 0 Å². The fraction of sp³-hybridized carbons (Fsp3) is 0.444. The number of rotatable bonds is 3. The van der Waals surface area contributed by atoms with Crippen molar-refractivity contribution in [3.05, 3.63) is 30.1 Å². The number of methoxy groups -OCH3 is 1. The zero-order chi connectivity index (χ0) is 18.3. The van der Waals surface area contributed by atoms with Gasteiger partial charge >= 0.3 is 7.12 Å². The van der Waals surface area contributed by atoms with Crippen LogP contribution in [0.2, 0.25) is 6.32 Å². The maximum absolute atomic E-state index is 9.60. The molecule has 26 heavy (non-hydrogen) atoms. The molecular formula is C18H21BN2O5. The molecule has 0 aliphatic carbocycles. The summed E-state index contributed by atoms with van der Waals surface area (Å²) < 4.78 is 22.8. The number of hydrogen-bond acceptors (Lipinski definition) is 7. The van der Waals surface area contributed by atoms with Crippen LogP contribution >= 0.6 is 0 Å². The summed E-state index contributed by atoms with van der Waals surface area (Å²) in [4.78, 5) is 9.09. The Kier molecular flexibility index (Phi) is 4.24. The number of ether oxygens (including phenoxy) is 3. The first-order valence-electron chi connectivity index (χ1n) is 8.62. The SMILES string of the molecule is COc1ccc(-c2nccc(C3COB(O)C3)n2)c2c1OC(C)(C)CO2. The normalized spacial score (nSPS) is 20.9. The molecule has 2 aliphatic rings. The molecule has 1 aromatic carbocycles. The van der Waals surface area contributed by atoms with Crippen molar-refractivity contribution in [3.63, 3.8) is 0 Å². The molecule has 136 valence electrons. The highest BCUT2D eigenvalue weighted by Crippen LogP contribution is 2.47. The Labute approximate surface area is 152 Å². The summed E-state index contributed by atoms with van der Waals surface area (Å²) in [6, 6.07) is 5.56. The first-order valence-corrected chi connectivity index (χ1v) is 8.62. The summed E-state index contributed by atoms with van der Waals surface area (Å²) in [5.41, 5.74) is 1.14. The quantitative estimate of drug-likeness (QED) is 0.845. The number of hydrogen-bond donors (Lipinski definition) is 1. The minimum absolute atomic E-state index is 0.0527. The van der Waals surface area contributed by atoms with E-state index in [0.29, 0.717) is 42.6 Å². The lowest BCUT2D eigenvalue weighted by Gasteiger charge is -2.34. The highest BCUT2D eigenvalue weighted by Gasteiger charge is 2.34. The second kappa shape index (κ2) is 6.44. The van der Waals surface area contributed by atoms with Crippen molar-refractivity contribution in [1.29, 1.82) is 0 Å². The standard InChI is InChI=1S/C18H21BN2O5/c1-18(2)10-24-15-12(4-5-14(23-3)16(15)26-18)17-20-7-6-13(21-17)11-8-19(22)25-9-11/h4-7,11,22H,8-10H2,1-3H3. The molecular weight excluding hydrogens is 335 g/mol. The molecule has 0 radical (unpaired) electrons. The lowest BCUT2D eigenvalue weighted by Crippen LogP contribution is -2.39. The minimum atomic E-state index is -0.730. The summed E-state index contributed by atoms with van der Waals surface area (Å²) in [7, 11) is 0.870. The molecule has 1 N–H and O–H groups in total. The lowest BCUT2D eigenvalue weighted by atomic mass is 9.81. The van der Waals surface area contributed by atoms with E-state index in [1.165, 1.54) is 0 Å². The zero-order valence-corrected chi connectivity index (χ0v) is 15.1. The second-order valence-electron chi connectivity index (χ2n) is 7.15. The molecule has 2 aromatic rings. The van der Waals surface area contributed by atoms with E-state index in [0.717, 1.165) is 11.3 Å². The van der Waals surface area contributed by atoms with Crippen LogP contribution in [-0.4, -0.2) is 48.0 Å². The van der Waals surface area contributed by atoms with Crippen LogP contribution < -0.4 is 14.2 Å². The van der Waals surface area contributed by atoms with E-state index in [9.17, 15) is 5.02 Å². The Morgan fingerprint density at radius 1 is 1.27 bits per heavy atom. The summed E-state index contributed by atoms with van der Waals surface area (Å²) in [5.74, 6) is 2.36. The molecule has 2 aliphatic heterocycles. The van der Waals surface area contributed by atoms with Crippen LogP contribution in [0.3, 0.4) is 0 Å². The van der Waals surface area contributed by atoms with Crippen molar-refractivity contribution in [2.24, 2.45) is 0 Å². The van der Waals surface area contributed by atoms with Gasteiger partial charge in [0.15, 0.2) is 17.3 Å². The van der Waals surface area contributed by atoms with Crippen molar-refractivity contribution in [2.45, 2.75) is 31.7 Å². The Hall–Kier alpha value is -2.32. The van der Waals surface area contributed by atoms with Gasteiger partial charge in [0.2, 0.25) is 5.75 Å². The van der Waals surface area contributed by atoms with E-state index in [4.69, 9.17) is 18.9 Å². The molecule has 0 amide bonds. The smallest absolute Gasteiger partial charge is 0.454 e. The van der Waals surface area contributed by atoms with Crippen LogP contribution in [0.1, 0.15) is 25.5 Å². The molecule has 1 unspecified atom stereocenters. The Morgan fingerprint density at radius 2 is 2.12 bits per heavy atom. The van der Waals surface area contributed by atoms with Gasteiger partial charge in [0.25, 0.3) is 0 Å². The molecule has 7 nitrogen and oxygen atoms in total. The summed E-state index contributed by atoms with van der Waals surface area (Å²) in [6.07, 6.45) is 2.25. The maximum atomic E-state index is 9.60. The molecule has 3 heterocycles. The first kappa shape index (κ1) is 17.1. The highest BCUT2D eigenvalue weighted by molar-refractivity contribution is 6.43. The molecule has 1 aromatic heterocycles. The van der Waals surface area contributed by atoms with Gasteiger partial charge in [-0.3, -0.25) is 0 Å². The summed E-state index contributed by atoms with van der Waals surface area (Å²) in [6.45, 7) is 4.80. The molecule has 8 heteroatoms. The molecule has 0 bridgehead atoms. The van der Waals surface area contributed by atoms with Gasteiger partial charge < -0.3 is 23.9 Å². The van der Waals surface area contributed by atoms with Crippen LogP contribution in [-0.2, 0) is 4.65 Å². The van der Waals surface area contributed by atoms with Gasteiger partial charge in [-0.25, -0.2) is 9.97 Å². The topological polar surface area (TPSA) is 82.9 Å². The maximum Gasteiger partial charge on any atom is 0.454 e. The van der Waals surface area contributed by atoms with Gasteiger partial charge in [0, 0.05) is 24.4 Å². The molecule has 1 atom stereocenters. The third kappa shape index (κ3) is 3.10. The summed E-state index contributed by atoms with van der Waals surface area (Å²) in [5, 5.41) is 9.60. The van der Waals surface area contributed by atoms with Gasteiger partial charge in [0.05, 0.1) is 12.7 Å². The van der Waals surface area contributed by atoms with Crippen LogP contribution in [0.25, 0.3) is 11.4 Å². The fourth-order valence-corrected chi connectivity index (χ4v) is 3.22. The molecule has 4 rings (SSSR count). The largest absolute Gasteiger partial charge is 0.493 e. The van der Waals surface area contributed by atoms with E-state index in [1.807, 2.05) is 32.0 Å². The third-order valence-electron chi connectivity index (χ3n) is 4.55. The van der Waals surface area contributed by atoms with Crippen molar-refractivity contribution < 1.29 is 23.9 Å². The monoisotopic (exact) mass is 356 g/mol. The van der Waals surface area contributed by atoms with Crippen molar-refractivity contribution in [3.8, 4) is 28.6 Å². The van der Waals surface area contributed by atoms with Gasteiger partial charge in [-0.2, -0.15) is 0 Å². The molecule has 1 saturated heterocycles. The molecule has 1 fully saturated rings. The highest BCUT2D eigenvalue weighted by atomic mass is 16.6. The molecule has 0 saturated carbocycles. The minimum Gasteiger partial charge on any atom is -0.493 e. The number of fused-ring (bicyclic) bond motifs is 1. The van der Waals surface area contributed by atoms with Gasteiger partial charge in [-0.05, 0) is 38.4 Å². The summed E-state index contributed by atoms with van der Waals surface area (Å²) >= 11 is 0. The van der Waals surface area contributed by atoms with Crippen LogP contribution in [0.5, 0.6) is 17.2 Å². The predicted molar refractivity (Wildman–Crippen MR) is 95.7 cm³/mol. The van der Waals surface area contributed by atoms with Crippen LogP contribution in [0.15, 0.2) is 24.4 Å². The van der Waals surface area contributed by atoms with Crippen LogP contribution in [0.4, 0.5) is 0 Å². The number of benzene rings is 1. The number of nitrogens with zero attached hydrogens (tertiary/aromatic N) is 2. The van der Waals surface area contributed by atoms with Crippen molar-refractivity contribution in [1.82, 2.24) is 9.97 Å². The van der Waals surface area contributed by atoms with E-state index >= 15 is 0 Å². The predicted octanol–water partition coefficient (Wildman–Crippen LogP) is 2.30. The van der Waals surface area contributed by atoms with Gasteiger partial charge in [-0.15, -0.1) is 0 Å². The Bertz CT molecular complexity index is 829. The van der Waals surface area contributed by atoms with Crippen molar-refractivity contribution in [2.75, 3.05) is 20.3 Å². The van der Waals surface area contributed by atoms with Gasteiger partial charge in [0.1, 0.15) is 12.2 Å². The van der Waals surface area contributed by atoms with E-state index in [1.54, 1.807) is 13.3 Å². The second-order valence-corrected chi connectivity index (χ2v) is 7.15. The first-order chi connectivity index (χ1) is 12.5. The van der Waals surface area contributed by atoms with E-state index in [2.05, 4.69) is 9.97 Å². The number of aromatic nitrogens is 2. The van der Waals surface area contributed by atoms with E-state index in [-0.39, 0.29) is 5.92 Å². The van der Waals surface area contributed by atoms with Crippen molar-refractivity contribution >= 4 is 7.12 Å². The third-order valence-corrected chi connectivity index (χ3v) is 4.55. The Morgan fingerprint density at radius 3 is 2.85 bits per heavy atom.